The van der Waals surface area contributed by atoms with Crippen LogP contribution in [0.25, 0.3) is 32.4 Å². The van der Waals surface area contributed by atoms with E-state index in [1.165, 1.54) is 11.3 Å². The van der Waals surface area contributed by atoms with E-state index in [-0.39, 0.29) is 5.91 Å². The molecular weight excluding hydrogens is 380 g/mol. The number of pyridine rings is 2. The lowest BCUT2D eigenvalue weighted by atomic mass is 10.1. The quantitative estimate of drug-likeness (QED) is 0.484. The molecule has 1 amide bonds. The zero-order valence-electron chi connectivity index (χ0n) is 14.9. The van der Waals surface area contributed by atoms with Crippen LogP contribution >= 0.6 is 22.9 Å². The third-order valence-corrected chi connectivity index (χ3v) is 5.80. The van der Waals surface area contributed by atoms with Gasteiger partial charge in [-0.05, 0) is 38.1 Å². The number of thiazole rings is 1. The van der Waals surface area contributed by atoms with Gasteiger partial charge < -0.3 is 4.90 Å². The van der Waals surface area contributed by atoms with Crippen molar-refractivity contribution in [1.82, 2.24) is 19.9 Å². The molecule has 4 rings (SSSR count). The maximum atomic E-state index is 12.6. The molecule has 3 aromatic heterocycles. The summed E-state index contributed by atoms with van der Waals surface area (Å²) in [6.07, 6.45) is 3.42. The van der Waals surface area contributed by atoms with Crippen LogP contribution < -0.4 is 0 Å². The molecule has 0 aliphatic heterocycles. The van der Waals surface area contributed by atoms with Gasteiger partial charge in [0.15, 0.2) is 5.01 Å². The van der Waals surface area contributed by atoms with Crippen molar-refractivity contribution < 1.29 is 4.79 Å². The maximum Gasteiger partial charge on any atom is 0.282 e. The van der Waals surface area contributed by atoms with Crippen LogP contribution in [-0.4, -0.2) is 38.8 Å². The molecule has 0 spiro atoms. The molecule has 27 heavy (non-hydrogen) atoms. The van der Waals surface area contributed by atoms with Crippen LogP contribution in [0, 0.1) is 0 Å². The lowest BCUT2D eigenvalue weighted by molar-refractivity contribution is 0.0773. The standard InChI is InChI=1S/C20H17ClN4OS/c1-3-25(4-2)20(26)19-24-16-6-5-12(9-18(16)27-19)17-10-14(21)13-11-22-8-7-15(13)23-17/h5-11H,3-4H2,1-2H3. The molecule has 0 N–H and O–H groups in total. The van der Waals surface area contributed by atoms with E-state index in [4.69, 9.17) is 16.6 Å². The van der Waals surface area contributed by atoms with E-state index in [0.29, 0.717) is 23.1 Å². The number of amides is 1. The first-order chi connectivity index (χ1) is 13.1. The third-order valence-electron chi connectivity index (χ3n) is 4.48. The fraction of sp³-hybridized carbons (Fsp3) is 0.200. The van der Waals surface area contributed by atoms with Crippen LogP contribution in [0.5, 0.6) is 0 Å². The van der Waals surface area contributed by atoms with Crippen LogP contribution in [0.3, 0.4) is 0 Å². The van der Waals surface area contributed by atoms with Gasteiger partial charge in [-0.1, -0.05) is 17.7 Å². The van der Waals surface area contributed by atoms with Crippen LogP contribution in [0.1, 0.15) is 23.6 Å². The molecule has 1 aromatic carbocycles. The number of fused-ring (bicyclic) bond motifs is 2. The second-order valence-corrected chi connectivity index (χ2v) is 7.50. The molecule has 136 valence electrons. The highest BCUT2D eigenvalue weighted by molar-refractivity contribution is 7.20. The van der Waals surface area contributed by atoms with Gasteiger partial charge in [0, 0.05) is 36.4 Å². The van der Waals surface area contributed by atoms with Gasteiger partial charge in [0.2, 0.25) is 0 Å². The average molecular weight is 397 g/mol. The Balaban J connectivity index is 1.77. The Morgan fingerprint density at radius 2 is 1.93 bits per heavy atom. The molecule has 0 radical (unpaired) electrons. The van der Waals surface area contributed by atoms with Gasteiger partial charge in [-0.3, -0.25) is 9.78 Å². The van der Waals surface area contributed by atoms with Crippen molar-refractivity contribution in [1.29, 1.82) is 0 Å². The Kier molecular flexibility index (Phi) is 4.76. The number of carbonyl (C=O) groups is 1. The SMILES string of the molecule is CCN(CC)C(=O)c1nc2ccc(-c3cc(Cl)c4cnccc4n3)cc2s1. The van der Waals surface area contributed by atoms with Crippen molar-refractivity contribution in [2.75, 3.05) is 13.1 Å². The van der Waals surface area contributed by atoms with Crippen molar-refractivity contribution in [3.63, 3.8) is 0 Å². The second kappa shape index (κ2) is 7.21. The average Bonchev–Trinajstić information content (AvgIpc) is 3.12. The number of rotatable bonds is 4. The van der Waals surface area contributed by atoms with Crippen molar-refractivity contribution in [3.05, 3.63) is 52.8 Å². The van der Waals surface area contributed by atoms with Crippen LogP contribution in [0.4, 0.5) is 0 Å². The molecule has 7 heteroatoms. The minimum absolute atomic E-state index is 0.0258. The van der Waals surface area contributed by atoms with Crippen molar-refractivity contribution in [2.45, 2.75) is 13.8 Å². The number of halogens is 1. The number of hydrogen-bond acceptors (Lipinski definition) is 5. The van der Waals surface area contributed by atoms with Gasteiger partial charge in [0.1, 0.15) is 0 Å². The molecule has 3 heterocycles. The van der Waals surface area contributed by atoms with E-state index in [1.54, 1.807) is 17.3 Å². The monoisotopic (exact) mass is 396 g/mol. The predicted molar refractivity (Wildman–Crippen MR) is 110 cm³/mol. The van der Waals surface area contributed by atoms with E-state index in [1.807, 2.05) is 44.2 Å². The highest BCUT2D eigenvalue weighted by Gasteiger charge is 2.18. The molecule has 0 atom stereocenters. The Morgan fingerprint density at radius 1 is 1.11 bits per heavy atom. The number of carbonyl (C=O) groups excluding carboxylic acids is 1. The number of nitrogens with zero attached hydrogens (tertiary/aromatic N) is 4. The molecule has 0 unspecified atom stereocenters. The van der Waals surface area contributed by atoms with E-state index < -0.39 is 0 Å². The summed E-state index contributed by atoms with van der Waals surface area (Å²) in [4.78, 5) is 27.6. The first-order valence-corrected chi connectivity index (χ1v) is 9.90. The molecule has 0 saturated carbocycles. The van der Waals surface area contributed by atoms with E-state index in [0.717, 1.165) is 32.4 Å². The second-order valence-electron chi connectivity index (χ2n) is 6.06. The topological polar surface area (TPSA) is 59.0 Å². The zero-order valence-corrected chi connectivity index (χ0v) is 16.5. The van der Waals surface area contributed by atoms with Crippen molar-refractivity contribution in [2.24, 2.45) is 0 Å². The summed E-state index contributed by atoms with van der Waals surface area (Å²) < 4.78 is 0.954. The predicted octanol–water partition coefficient (Wildman–Crippen LogP) is 5.04. The summed E-state index contributed by atoms with van der Waals surface area (Å²) in [5, 5.41) is 1.96. The molecular formula is C20H17ClN4OS. The van der Waals surface area contributed by atoms with Gasteiger partial charge >= 0.3 is 0 Å². The number of hydrogen-bond donors (Lipinski definition) is 0. The first kappa shape index (κ1) is 17.8. The number of aromatic nitrogens is 3. The Morgan fingerprint density at radius 3 is 2.70 bits per heavy atom. The van der Waals surface area contributed by atoms with Crippen molar-refractivity contribution >= 4 is 50.0 Å². The normalized spacial score (nSPS) is 11.2. The Labute approximate surface area is 165 Å². The molecule has 0 fully saturated rings. The summed E-state index contributed by atoms with van der Waals surface area (Å²) in [6, 6.07) is 9.58. The molecule has 0 bridgehead atoms. The lowest BCUT2D eigenvalue weighted by Crippen LogP contribution is -2.30. The van der Waals surface area contributed by atoms with Gasteiger partial charge in [-0.2, -0.15) is 0 Å². The van der Waals surface area contributed by atoms with Gasteiger partial charge in [0.05, 0.1) is 26.4 Å². The Hall–Kier alpha value is -2.57. The van der Waals surface area contributed by atoms with E-state index in [9.17, 15) is 4.79 Å². The first-order valence-electron chi connectivity index (χ1n) is 8.71. The molecule has 0 aliphatic carbocycles. The van der Waals surface area contributed by atoms with Gasteiger partial charge in [0.25, 0.3) is 5.91 Å². The third kappa shape index (κ3) is 3.26. The fourth-order valence-corrected chi connectivity index (χ4v) is 4.22. The summed E-state index contributed by atoms with van der Waals surface area (Å²) in [7, 11) is 0. The smallest absolute Gasteiger partial charge is 0.282 e. The van der Waals surface area contributed by atoms with Crippen LogP contribution in [0.15, 0.2) is 42.7 Å². The summed E-state index contributed by atoms with van der Waals surface area (Å²) in [5.41, 5.74) is 3.34. The molecule has 5 nitrogen and oxygen atoms in total. The minimum Gasteiger partial charge on any atom is -0.337 e. The van der Waals surface area contributed by atoms with Crippen LogP contribution in [-0.2, 0) is 0 Å². The number of benzene rings is 1. The molecule has 0 aliphatic rings. The van der Waals surface area contributed by atoms with E-state index in [2.05, 4.69) is 9.97 Å². The summed E-state index contributed by atoms with van der Waals surface area (Å²) in [6.45, 7) is 5.28. The largest absolute Gasteiger partial charge is 0.337 e. The van der Waals surface area contributed by atoms with Crippen molar-refractivity contribution in [3.8, 4) is 11.3 Å². The fourth-order valence-electron chi connectivity index (χ4n) is 3.00. The summed E-state index contributed by atoms with van der Waals surface area (Å²) in [5.74, 6) is -0.0258. The highest BCUT2D eigenvalue weighted by atomic mass is 35.5. The molecule has 0 saturated heterocycles. The minimum atomic E-state index is -0.0258. The Bertz CT molecular complexity index is 1150. The van der Waals surface area contributed by atoms with Crippen LogP contribution in [0.2, 0.25) is 5.02 Å². The lowest BCUT2D eigenvalue weighted by Gasteiger charge is -2.16. The van der Waals surface area contributed by atoms with Gasteiger partial charge in [-0.25, -0.2) is 9.97 Å². The molecule has 4 aromatic rings. The zero-order chi connectivity index (χ0) is 19.0. The van der Waals surface area contributed by atoms with Gasteiger partial charge in [-0.15, -0.1) is 11.3 Å². The highest BCUT2D eigenvalue weighted by Crippen LogP contribution is 2.31. The summed E-state index contributed by atoms with van der Waals surface area (Å²) >= 11 is 7.81. The van der Waals surface area contributed by atoms with E-state index >= 15 is 0 Å². The maximum absolute atomic E-state index is 12.6.